The van der Waals surface area contributed by atoms with Crippen LogP contribution in [0.25, 0.3) is 0 Å². The van der Waals surface area contributed by atoms with Crippen LogP contribution in [0.15, 0.2) is 0 Å². The third-order valence-corrected chi connectivity index (χ3v) is 4.81. The molecule has 29 heavy (non-hydrogen) atoms. The van der Waals surface area contributed by atoms with Crippen LogP contribution in [0.5, 0.6) is 0 Å². The second-order valence-electron chi connectivity index (χ2n) is 6.19. The lowest BCUT2D eigenvalue weighted by Gasteiger charge is -2.23. The minimum Gasteiger partial charge on any atom is -0.481 e. The van der Waals surface area contributed by atoms with Gasteiger partial charge < -0.3 is 31.9 Å². The minimum absolute atomic E-state index is 0.0862. The number of aliphatic carboxylic acids is 2. The van der Waals surface area contributed by atoms with Gasteiger partial charge in [0.15, 0.2) is 0 Å². The second-order valence-corrected chi connectivity index (χ2v) is 7.54. The molecule has 0 aliphatic heterocycles. The van der Waals surface area contributed by atoms with E-state index in [0.717, 1.165) is 0 Å². The highest BCUT2D eigenvalue weighted by molar-refractivity contribution is 7.98. The first kappa shape index (κ1) is 27.0. The van der Waals surface area contributed by atoms with Crippen molar-refractivity contribution in [3.8, 4) is 0 Å². The van der Waals surface area contributed by atoms with Gasteiger partial charge in [-0.15, -0.1) is 0 Å². The summed E-state index contributed by atoms with van der Waals surface area (Å²) in [7, 11) is 0. The molecule has 0 heterocycles. The van der Waals surface area contributed by atoms with Crippen LogP contribution in [0.2, 0.25) is 0 Å². The zero-order valence-corrected chi connectivity index (χ0v) is 17.9. The Morgan fingerprint density at radius 1 is 0.966 bits per heavy atom. The van der Waals surface area contributed by atoms with Crippen LogP contribution in [0, 0.1) is 0 Å². The molecule has 0 bridgehead atoms. The lowest BCUT2D eigenvalue weighted by atomic mass is 10.1. The monoisotopic (exact) mass is 452 g/mol. The molecule has 0 radical (unpaired) electrons. The number of carboxylic acid groups (broad SMARTS) is 2. The molecule has 0 saturated heterocycles. The summed E-state index contributed by atoms with van der Waals surface area (Å²) in [6.07, 6.45) is 1.70. The third-order valence-electron chi connectivity index (χ3n) is 3.80. The zero-order valence-electron chi connectivity index (χ0n) is 16.2. The summed E-state index contributed by atoms with van der Waals surface area (Å²) in [5, 5.41) is 24.7. The quantitative estimate of drug-likeness (QED) is 0.153. The molecule has 4 atom stereocenters. The summed E-state index contributed by atoms with van der Waals surface area (Å²) in [5.41, 5.74) is 5.65. The molecule has 0 aromatic rings. The van der Waals surface area contributed by atoms with E-state index in [2.05, 4.69) is 28.6 Å². The van der Waals surface area contributed by atoms with Crippen molar-refractivity contribution in [3.05, 3.63) is 0 Å². The first-order chi connectivity index (χ1) is 13.5. The molecule has 4 unspecified atom stereocenters. The second kappa shape index (κ2) is 14.1. The molecule has 13 heteroatoms. The number of carbonyl (C=O) groups excluding carboxylic acids is 3. The van der Waals surface area contributed by atoms with Crippen LogP contribution >= 0.6 is 24.4 Å². The summed E-state index contributed by atoms with van der Waals surface area (Å²) in [5.74, 6) is -3.97. The topological polar surface area (TPSA) is 188 Å². The molecule has 0 rings (SSSR count). The molecular formula is C16H28N4O7S2. The first-order valence-corrected chi connectivity index (χ1v) is 10.8. The van der Waals surface area contributed by atoms with Gasteiger partial charge in [-0.05, 0) is 31.8 Å². The Bertz CT molecular complexity index is 606. The number of carboxylic acids is 2. The van der Waals surface area contributed by atoms with Crippen LogP contribution in [-0.2, 0) is 24.0 Å². The van der Waals surface area contributed by atoms with Crippen LogP contribution in [0.3, 0.4) is 0 Å². The van der Waals surface area contributed by atoms with Crippen molar-refractivity contribution in [2.45, 2.75) is 50.4 Å². The molecular weight excluding hydrogens is 424 g/mol. The lowest BCUT2D eigenvalue weighted by Crippen LogP contribution is -2.56. The normalized spacial score (nSPS) is 14.8. The van der Waals surface area contributed by atoms with Gasteiger partial charge in [0, 0.05) is 12.2 Å². The Morgan fingerprint density at radius 2 is 1.55 bits per heavy atom. The van der Waals surface area contributed by atoms with Gasteiger partial charge in [0.05, 0.1) is 6.04 Å². The number of hydrogen-bond donors (Lipinski definition) is 7. The SMILES string of the molecule is CSCCC(NC(=O)C(N)CCC(=O)O)C(=O)NC(C)C(=O)NC(CS)C(=O)O. The van der Waals surface area contributed by atoms with Gasteiger partial charge in [0.2, 0.25) is 17.7 Å². The van der Waals surface area contributed by atoms with Crippen LogP contribution in [-0.4, -0.2) is 81.8 Å². The van der Waals surface area contributed by atoms with Crippen molar-refractivity contribution >= 4 is 54.1 Å². The van der Waals surface area contributed by atoms with Crippen LogP contribution in [0.1, 0.15) is 26.2 Å². The highest BCUT2D eigenvalue weighted by atomic mass is 32.2. The summed E-state index contributed by atoms with van der Waals surface area (Å²) < 4.78 is 0. The van der Waals surface area contributed by atoms with E-state index in [9.17, 15) is 24.0 Å². The molecule has 0 aliphatic carbocycles. The van der Waals surface area contributed by atoms with Gasteiger partial charge in [-0.25, -0.2) is 4.79 Å². The van der Waals surface area contributed by atoms with Gasteiger partial charge in [-0.3, -0.25) is 19.2 Å². The summed E-state index contributed by atoms with van der Waals surface area (Å²) in [4.78, 5) is 58.3. The maximum Gasteiger partial charge on any atom is 0.327 e. The first-order valence-electron chi connectivity index (χ1n) is 8.74. The molecule has 0 aromatic heterocycles. The van der Waals surface area contributed by atoms with Crippen molar-refractivity contribution < 1.29 is 34.2 Å². The standard InChI is InChI=1S/C16H28N4O7S2/c1-8(13(23)20-11(7-28)16(26)27)18-15(25)10(5-6-29-2)19-14(24)9(17)3-4-12(21)22/h8-11,28H,3-7,17H2,1-2H3,(H,18,25)(H,19,24)(H,20,23)(H,21,22)(H,26,27). The molecule has 166 valence electrons. The largest absolute Gasteiger partial charge is 0.481 e. The highest BCUT2D eigenvalue weighted by Gasteiger charge is 2.27. The van der Waals surface area contributed by atoms with E-state index in [0.29, 0.717) is 5.75 Å². The molecule has 0 spiro atoms. The minimum atomic E-state index is -1.26. The number of thiol groups is 1. The smallest absolute Gasteiger partial charge is 0.327 e. The van der Waals surface area contributed by atoms with E-state index >= 15 is 0 Å². The van der Waals surface area contributed by atoms with E-state index in [1.54, 1.807) is 0 Å². The summed E-state index contributed by atoms with van der Waals surface area (Å²) in [6, 6.07) is -4.34. The number of nitrogens with two attached hydrogens (primary N) is 1. The fourth-order valence-corrected chi connectivity index (χ4v) is 2.77. The Morgan fingerprint density at radius 3 is 2.03 bits per heavy atom. The Labute approximate surface area is 178 Å². The van der Waals surface area contributed by atoms with E-state index in [1.165, 1.54) is 18.7 Å². The van der Waals surface area contributed by atoms with Crippen molar-refractivity contribution in [1.82, 2.24) is 16.0 Å². The van der Waals surface area contributed by atoms with Crippen LogP contribution in [0.4, 0.5) is 0 Å². The number of thioether (sulfide) groups is 1. The lowest BCUT2D eigenvalue weighted by molar-refractivity contribution is -0.141. The van der Waals surface area contributed by atoms with Gasteiger partial charge >= 0.3 is 11.9 Å². The number of rotatable bonds is 14. The number of nitrogens with one attached hydrogen (secondary N) is 3. The molecule has 0 fully saturated rings. The van der Waals surface area contributed by atoms with Crippen molar-refractivity contribution in [1.29, 1.82) is 0 Å². The Balaban J connectivity index is 4.92. The molecule has 7 N–H and O–H groups in total. The van der Waals surface area contributed by atoms with Crippen molar-refractivity contribution in [2.24, 2.45) is 5.73 Å². The average Bonchev–Trinajstić information content (AvgIpc) is 2.66. The van der Waals surface area contributed by atoms with E-state index < -0.39 is 53.8 Å². The fraction of sp³-hybridized carbons (Fsp3) is 0.688. The number of carbonyl (C=O) groups is 5. The Hall–Kier alpha value is -1.99. The molecule has 11 nitrogen and oxygen atoms in total. The predicted molar refractivity (Wildman–Crippen MR) is 111 cm³/mol. The van der Waals surface area contributed by atoms with Crippen molar-refractivity contribution in [3.63, 3.8) is 0 Å². The van der Waals surface area contributed by atoms with Gasteiger partial charge in [0.25, 0.3) is 0 Å². The summed E-state index contributed by atoms with van der Waals surface area (Å²) >= 11 is 5.29. The fourth-order valence-electron chi connectivity index (χ4n) is 2.06. The van der Waals surface area contributed by atoms with E-state index in [-0.39, 0.29) is 25.0 Å². The van der Waals surface area contributed by atoms with E-state index in [4.69, 9.17) is 15.9 Å². The molecule has 0 aliphatic rings. The zero-order chi connectivity index (χ0) is 22.6. The predicted octanol–water partition coefficient (Wildman–Crippen LogP) is -1.58. The average molecular weight is 453 g/mol. The maximum absolute atomic E-state index is 12.5. The van der Waals surface area contributed by atoms with Gasteiger partial charge in [-0.2, -0.15) is 24.4 Å². The van der Waals surface area contributed by atoms with Crippen LogP contribution < -0.4 is 21.7 Å². The molecule has 0 saturated carbocycles. The molecule has 0 aromatic carbocycles. The summed E-state index contributed by atoms with van der Waals surface area (Å²) in [6.45, 7) is 1.37. The maximum atomic E-state index is 12.5. The molecule has 3 amide bonds. The number of hydrogen-bond acceptors (Lipinski definition) is 8. The van der Waals surface area contributed by atoms with E-state index in [1.807, 2.05) is 6.26 Å². The van der Waals surface area contributed by atoms with Gasteiger partial charge in [-0.1, -0.05) is 0 Å². The van der Waals surface area contributed by atoms with Crippen molar-refractivity contribution in [2.75, 3.05) is 17.8 Å². The highest BCUT2D eigenvalue weighted by Crippen LogP contribution is 2.04. The Kier molecular flexibility index (Phi) is 13.1. The van der Waals surface area contributed by atoms with Gasteiger partial charge in [0.1, 0.15) is 18.1 Å². The third kappa shape index (κ3) is 10.9. The number of amides is 3.